The number of aryl methyl sites for hydroxylation is 1. The van der Waals surface area contributed by atoms with Gasteiger partial charge in [0.05, 0.1) is 5.69 Å². The number of thiazole rings is 1. The minimum atomic E-state index is -0.0317. The molecule has 0 bridgehead atoms. The highest BCUT2D eigenvalue weighted by atomic mass is 32.1. The molecule has 106 valence electrons. The van der Waals surface area contributed by atoms with E-state index in [1.54, 1.807) is 12.4 Å². The van der Waals surface area contributed by atoms with E-state index in [0.717, 1.165) is 22.7 Å². The molecule has 0 aliphatic rings. The lowest BCUT2D eigenvalue weighted by atomic mass is 10.1. The molecule has 0 fully saturated rings. The van der Waals surface area contributed by atoms with Crippen LogP contribution in [0.2, 0.25) is 0 Å². The second-order valence-corrected chi connectivity index (χ2v) is 6.11. The Balaban J connectivity index is 2.10. The fourth-order valence-electron chi connectivity index (χ4n) is 1.77. The van der Waals surface area contributed by atoms with E-state index in [9.17, 15) is 4.79 Å². The van der Waals surface area contributed by atoms with Crippen LogP contribution in [0.5, 0.6) is 0 Å². The van der Waals surface area contributed by atoms with E-state index in [-0.39, 0.29) is 5.91 Å². The molecule has 4 nitrogen and oxygen atoms in total. The van der Waals surface area contributed by atoms with Crippen LogP contribution in [-0.2, 0) is 0 Å². The van der Waals surface area contributed by atoms with Crippen molar-refractivity contribution in [2.45, 2.75) is 27.2 Å². The highest BCUT2D eigenvalue weighted by Gasteiger charge is 2.15. The minimum Gasteiger partial charge on any atom is -0.351 e. The van der Waals surface area contributed by atoms with Crippen molar-refractivity contribution in [1.82, 2.24) is 15.3 Å². The van der Waals surface area contributed by atoms with Gasteiger partial charge in [-0.2, -0.15) is 0 Å². The Morgan fingerprint density at radius 2 is 2.25 bits per heavy atom. The molecule has 2 heterocycles. The number of nitrogens with one attached hydrogen (secondary N) is 1. The molecule has 0 aliphatic carbocycles. The third kappa shape index (κ3) is 3.63. The van der Waals surface area contributed by atoms with E-state index >= 15 is 0 Å². The Labute approximate surface area is 123 Å². The van der Waals surface area contributed by atoms with Crippen molar-refractivity contribution < 1.29 is 4.79 Å². The van der Waals surface area contributed by atoms with Gasteiger partial charge in [0.1, 0.15) is 9.88 Å². The predicted octanol–water partition coefficient (Wildman–Crippen LogP) is 3.29. The van der Waals surface area contributed by atoms with Crippen molar-refractivity contribution in [2.24, 2.45) is 5.92 Å². The Bertz CT molecular complexity index is 578. The first-order valence-corrected chi connectivity index (χ1v) is 7.55. The van der Waals surface area contributed by atoms with Crippen LogP contribution in [-0.4, -0.2) is 22.4 Å². The molecule has 5 heteroatoms. The summed E-state index contributed by atoms with van der Waals surface area (Å²) in [5, 5.41) is 3.79. The number of carbonyl (C=O) groups excluding carboxylic acids is 1. The van der Waals surface area contributed by atoms with Gasteiger partial charge in [-0.3, -0.25) is 9.78 Å². The molecule has 0 aliphatic heterocycles. The lowest BCUT2D eigenvalue weighted by molar-refractivity contribution is 0.0955. The van der Waals surface area contributed by atoms with Crippen LogP contribution in [0.4, 0.5) is 0 Å². The number of amides is 1. The number of aromatic nitrogens is 2. The maximum absolute atomic E-state index is 12.1. The number of carbonyl (C=O) groups is 1. The van der Waals surface area contributed by atoms with Gasteiger partial charge in [-0.15, -0.1) is 11.3 Å². The van der Waals surface area contributed by atoms with Gasteiger partial charge in [0.2, 0.25) is 0 Å². The zero-order valence-corrected chi connectivity index (χ0v) is 12.8. The largest absolute Gasteiger partial charge is 0.351 e. The first-order valence-electron chi connectivity index (χ1n) is 6.74. The summed E-state index contributed by atoms with van der Waals surface area (Å²) in [6.45, 7) is 6.86. The third-order valence-electron chi connectivity index (χ3n) is 2.92. The van der Waals surface area contributed by atoms with Crippen LogP contribution in [0.15, 0.2) is 24.5 Å². The van der Waals surface area contributed by atoms with E-state index in [4.69, 9.17) is 0 Å². The topological polar surface area (TPSA) is 54.9 Å². The van der Waals surface area contributed by atoms with Gasteiger partial charge in [-0.1, -0.05) is 13.8 Å². The van der Waals surface area contributed by atoms with Crippen LogP contribution in [0, 0.1) is 12.8 Å². The summed E-state index contributed by atoms with van der Waals surface area (Å²) >= 11 is 1.42. The quantitative estimate of drug-likeness (QED) is 0.919. The van der Waals surface area contributed by atoms with Crippen molar-refractivity contribution in [3.63, 3.8) is 0 Å². The zero-order valence-electron chi connectivity index (χ0n) is 12.0. The van der Waals surface area contributed by atoms with Gasteiger partial charge in [0, 0.05) is 24.5 Å². The van der Waals surface area contributed by atoms with Gasteiger partial charge in [-0.05, 0) is 31.4 Å². The summed E-state index contributed by atoms with van der Waals surface area (Å²) in [5.41, 5.74) is 1.72. The van der Waals surface area contributed by atoms with Crippen molar-refractivity contribution in [3.05, 3.63) is 35.1 Å². The summed E-state index contributed by atoms with van der Waals surface area (Å²) in [6, 6.07) is 3.82. The van der Waals surface area contributed by atoms with Crippen LogP contribution in [0.1, 0.15) is 35.6 Å². The fraction of sp³-hybridized carbons (Fsp3) is 0.400. The molecule has 1 amide bonds. The molecule has 0 saturated heterocycles. The van der Waals surface area contributed by atoms with E-state index in [1.165, 1.54) is 11.3 Å². The summed E-state index contributed by atoms with van der Waals surface area (Å²) < 4.78 is 0. The van der Waals surface area contributed by atoms with Gasteiger partial charge in [0.25, 0.3) is 5.91 Å². The van der Waals surface area contributed by atoms with Crippen LogP contribution < -0.4 is 5.32 Å². The average molecular weight is 289 g/mol. The van der Waals surface area contributed by atoms with E-state index in [0.29, 0.717) is 17.3 Å². The molecule has 0 spiro atoms. The minimum absolute atomic E-state index is 0.0317. The predicted molar refractivity (Wildman–Crippen MR) is 81.9 cm³/mol. The SMILES string of the molecule is Cc1nc(-c2cccnc2)sc1C(=O)NCCC(C)C. The standard InChI is InChI=1S/C15H19N3OS/c1-10(2)6-8-17-14(19)13-11(3)18-15(20-13)12-5-4-7-16-9-12/h4-5,7,9-10H,6,8H2,1-3H3,(H,17,19). The van der Waals surface area contributed by atoms with Crippen LogP contribution in [0.3, 0.4) is 0 Å². The number of pyridine rings is 1. The highest BCUT2D eigenvalue weighted by Crippen LogP contribution is 2.27. The maximum atomic E-state index is 12.1. The second-order valence-electron chi connectivity index (χ2n) is 5.11. The monoisotopic (exact) mass is 289 g/mol. The molecular weight excluding hydrogens is 270 g/mol. The van der Waals surface area contributed by atoms with Gasteiger partial charge in [0.15, 0.2) is 0 Å². The lowest BCUT2D eigenvalue weighted by Gasteiger charge is -2.05. The van der Waals surface area contributed by atoms with Crippen molar-refractivity contribution in [3.8, 4) is 10.6 Å². The number of rotatable bonds is 5. The van der Waals surface area contributed by atoms with Gasteiger partial charge in [-0.25, -0.2) is 4.98 Å². The third-order valence-corrected chi connectivity index (χ3v) is 4.12. The molecule has 1 N–H and O–H groups in total. The molecule has 0 atom stereocenters. The molecule has 0 radical (unpaired) electrons. The van der Waals surface area contributed by atoms with E-state index in [1.807, 2.05) is 19.1 Å². The molecule has 20 heavy (non-hydrogen) atoms. The van der Waals surface area contributed by atoms with Crippen molar-refractivity contribution in [1.29, 1.82) is 0 Å². The first kappa shape index (κ1) is 14.7. The normalized spacial score (nSPS) is 10.8. The Hall–Kier alpha value is -1.75. The molecular formula is C15H19N3OS. The van der Waals surface area contributed by atoms with E-state index < -0.39 is 0 Å². The van der Waals surface area contributed by atoms with E-state index in [2.05, 4.69) is 29.1 Å². The average Bonchev–Trinajstić information content (AvgIpc) is 2.81. The lowest BCUT2D eigenvalue weighted by Crippen LogP contribution is -2.25. The maximum Gasteiger partial charge on any atom is 0.263 e. The summed E-state index contributed by atoms with van der Waals surface area (Å²) in [7, 11) is 0. The molecule has 2 aromatic heterocycles. The van der Waals surface area contributed by atoms with Crippen molar-refractivity contribution >= 4 is 17.2 Å². The molecule has 2 aromatic rings. The number of hydrogen-bond donors (Lipinski definition) is 1. The molecule has 0 aromatic carbocycles. The number of nitrogens with zero attached hydrogens (tertiary/aromatic N) is 2. The fourth-order valence-corrected chi connectivity index (χ4v) is 2.75. The smallest absolute Gasteiger partial charge is 0.263 e. The Morgan fingerprint density at radius 3 is 2.90 bits per heavy atom. The second kappa shape index (κ2) is 6.61. The first-order chi connectivity index (χ1) is 9.58. The van der Waals surface area contributed by atoms with Crippen molar-refractivity contribution in [2.75, 3.05) is 6.54 Å². The van der Waals surface area contributed by atoms with Gasteiger partial charge < -0.3 is 5.32 Å². The zero-order chi connectivity index (χ0) is 14.5. The summed E-state index contributed by atoms with van der Waals surface area (Å²) in [6.07, 6.45) is 4.47. The summed E-state index contributed by atoms with van der Waals surface area (Å²) in [4.78, 5) is 21.4. The number of hydrogen-bond acceptors (Lipinski definition) is 4. The highest BCUT2D eigenvalue weighted by molar-refractivity contribution is 7.17. The van der Waals surface area contributed by atoms with Crippen LogP contribution in [0.25, 0.3) is 10.6 Å². The Kier molecular flexibility index (Phi) is 4.84. The summed E-state index contributed by atoms with van der Waals surface area (Å²) in [5.74, 6) is 0.555. The van der Waals surface area contributed by atoms with Gasteiger partial charge >= 0.3 is 0 Å². The molecule has 0 saturated carbocycles. The van der Waals surface area contributed by atoms with Crippen LogP contribution >= 0.6 is 11.3 Å². The molecule has 2 rings (SSSR count). The molecule has 0 unspecified atom stereocenters. The Morgan fingerprint density at radius 1 is 1.45 bits per heavy atom.